The van der Waals surface area contributed by atoms with Crippen LogP contribution in [0, 0.1) is 0 Å². The van der Waals surface area contributed by atoms with Crippen LogP contribution < -0.4 is 10.4 Å². The fourth-order valence-corrected chi connectivity index (χ4v) is 9.54. The molecular weight excluding hydrogens is 464 g/mol. The fraction of sp³-hybridized carbons (Fsp3) is 0.407. The first-order chi connectivity index (χ1) is 14.7. The molecule has 1 aliphatic heterocycles. The highest BCUT2D eigenvalue weighted by Gasteiger charge is 2.50. The van der Waals surface area contributed by atoms with Crippen molar-refractivity contribution in [3.8, 4) is 0 Å². The van der Waals surface area contributed by atoms with E-state index < -0.39 is 8.32 Å². The van der Waals surface area contributed by atoms with Gasteiger partial charge in [-0.1, -0.05) is 110 Å². The van der Waals surface area contributed by atoms with Crippen LogP contribution in [-0.2, 0) is 9.16 Å². The monoisotopic (exact) mass is 498 g/mol. The molecule has 1 saturated heterocycles. The number of rotatable bonds is 7. The average molecular weight is 500 g/mol. The topological polar surface area (TPSA) is 18.5 Å². The summed E-state index contributed by atoms with van der Waals surface area (Å²) in [6.07, 6.45) is 5.06. The average Bonchev–Trinajstić information content (AvgIpc) is 2.71. The van der Waals surface area contributed by atoms with Gasteiger partial charge in [-0.25, -0.2) is 0 Å². The molecule has 0 saturated carbocycles. The van der Waals surface area contributed by atoms with Crippen molar-refractivity contribution in [1.29, 1.82) is 0 Å². The summed E-state index contributed by atoms with van der Waals surface area (Å²) in [5.74, 6) is 0. The van der Waals surface area contributed by atoms with Gasteiger partial charge in [0.25, 0.3) is 8.32 Å². The van der Waals surface area contributed by atoms with Gasteiger partial charge in [-0.15, -0.1) is 0 Å². The molecule has 0 bridgehead atoms. The third-order valence-electron chi connectivity index (χ3n) is 5.96. The highest BCUT2D eigenvalue weighted by molar-refractivity contribution is 9.11. The van der Waals surface area contributed by atoms with Crippen molar-refractivity contribution >= 4 is 34.6 Å². The predicted molar refractivity (Wildman–Crippen MR) is 138 cm³/mol. The first kappa shape index (κ1) is 24.2. The van der Waals surface area contributed by atoms with Gasteiger partial charge in [-0.2, -0.15) is 0 Å². The van der Waals surface area contributed by atoms with Crippen LogP contribution in [-0.4, -0.2) is 27.1 Å². The molecule has 4 heteroatoms. The zero-order valence-corrected chi connectivity index (χ0v) is 21.8. The summed E-state index contributed by atoms with van der Waals surface area (Å²) in [6.45, 7) is 13.9. The Balaban J connectivity index is 1.85. The van der Waals surface area contributed by atoms with Gasteiger partial charge < -0.3 is 9.16 Å². The van der Waals surface area contributed by atoms with Gasteiger partial charge >= 0.3 is 0 Å². The van der Waals surface area contributed by atoms with E-state index in [9.17, 15) is 0 Å². The first-order valence-corrected chi connectivity index (χ1v) is 13.8. The second-order valence-corrected chi connectivity index (χ2v) is 15.1. The van der Waals surface area contributed by atoms with Crippen LogP contribution in [0.1, 0.15) is 47.0 Å². The molecular formula is C27H35BrO2Si. The van der Waals surface area contributed by atoms with E-state index in [0.29, 0.717) is 6.61 Å². The highest BCUT2D eigenvalue weighted by atomic mass is 79.9. The third kappa shape index (κ3) is 5.86. The van der Waals surface area contributed by atoms with Gasteiger partial charge in [-0.05, 0) is 52.2 Å². The summed E-state index contributed by atoms with van der Waals surface area (Å²) >= 11 is 3.53. The maximum absolute atomic E-state index is 7.03. The minimum Gasteiger partial charge on any atom is -0.407 e. The van der Waals surface area contributed by atoms with Crippen molar-refractivity contribution in [2.45, 2.75) is 64.2 Å². The van der Waals surface area contributed by atoms with E-state index in [-0.39, 0.29) is 17.2 Å². The van der Waals surface area contributed by atoms with E-state index in [1.165, 1.54) is 15.9 Å². The molecule has 1 heterocycles. The van der Waals surface area contributed by atoms with Gasteiger partial charge in [0, 0.05) is 6.61 Å². The lowest BCUT2D eigenvalue weighted by Crippen LogP contribution is -2.66. The lowest BCUT2D eigenvalue weighted by molar-refractivity contribution is -0.0165. The maximum Gasteiger partial charge on any atom is 0.261 e. The van der Waals surface area contributed by atoms with Crippen LogP contribution in [0.2, 0.25) is 5.04 Å². The number of benzene rings is 2. The lowest BCUT2D eigenvalue weighted by Gasteiger charge is -2.43. The summed E-state index contributed by atoms with van der Waals surface area (Å²) in [6, 6.07) is 21.6. The smallest absolute Gasteiger partial charge is 0.261 e. The van der Waals surface area contributed by atoms with Crippen LogP contribution in [0.4, 0.5) is 0 Å². The summed E-state index contributed by atoms with van der Waals surface area (Å²) in [5.41, 5.74) is 1.26. The van der Waals surface area contributed by atoms with Gasteiger partial charge in [0.05, 0.1) is 12.2 Å². The minimum absolute atomic E-state index is 0.00886. The Morgan fingerprint density at radius 2 is 1.61 bits per heavy atom. The molecule has 0 unspecified atom stereocenters. The summed E-state index contributed by atoms with van der Waals surface area (Å²) in [4.78, 5) is 0. The van der Waals surface area contributed by atoms with Crippen molar-refractivity contribution in [3.63, 3.8) is 0 Å². The number of hydrogen-bond donors (Lipinski definition) is 0. The van der Waals surface area contributed by atoms with Gasteiger partial charge in [0.1, 0.15) is 0 Å². The molecule has 1 aliphatic rings. The molecule has 2 aromatic carbocycles. The third-order valence-corrected chi connectivity index (χ3v) is 11.3. The lowest BCUT2D eigenvalue weighted by atomic mass is 9.97. The Kier molecular flexibility index (Phi) is 8.14. The molecule has 2 aromatic rings. The number of hydrogen-bond acceptors (Lipinski definition) is 2. The molecule has 0 radical (unpaired) electrons. The van der Waals surface area contributed by atoms with Gasteiger partial charge in [0.15, 0.2) is 0 Å². The van der Waals surface area contributed by atoms with Crippen LogP contribution in [0.5, 0.6) is 0 Å². The van der Waals surface area contributed by atoms with Crippen molar-refractivity contribution in [2.75, 3.05) is 6.61 Å². The molecule has 0 spiro atoms. The van der Waals surface area contributed by atoms with Crippen molar-refractivity contribution in [3.05, 3.63) is 83.4 Å². The number of halogens is 1. The van der Waals surface area contributed by atoms with E-state index >= 15 is 0 Å². The minimum atomic E-state index is -2.49. The maximum atomic E-state index is 7.03. The molecule has 0 N–H and O–H groups in total. The molecule has 2 atom stereocenters. The van der Waals surface area contributed by atoms with E-state index in [4.69, 9.17) is 9.16 Å². The molecule has 31 heavy (non-hydrogen) atoms. The Hall–Kier alpha value is -1.46. The van der Waals surface area contributed by atoms with Crippen LogP contribution in [0.3, 0.4) is 0 Å². The first-order valence-electron chi connectivity index (χ1n) is 11.1. The second kappa shape index (κ2) is 10.4. The van der Waals surface area contributed by atoms with Crippen LogP contribution in [0.25, 0.3) is 0 Å². The molecule has 0 amide bonds. The van der Waals surface area contributed by atoms with Gasteiger partial charge in [0.2, 0.25) is 0 Å². The normalized spacial score (nSPS) is 20.7. The van der Waals surface area contributed by atoms with Crippen LogP contribution >= 0.6 is 15.9 Å². The Labute approximate surface area is 197 Å². The zero-order valence-electron chi connectivity index (χ0n) is 19.2. The van der Waals surface area contributed by atoms with E-state index in [1.54, 1.807) is 0 Å². The van der Waals surface area contributed by atoms with Gasteiger partial charge in [-0.3, -0.25) is 0 Å². The Bertz CT molecular complexity index is 843. The molecule has 166 valence electrons. The predicted octanol–water partition coefficient (Wildman–Crippen LogP) is 6.36. The SMILES string of the molecule is C=C1C[C@H](CCO[Si](c2ccccc2)(c2ccccc2)C(C)(C)C)O[C@H](/C=C(\C)Br)C1. The quantitative estimate of drug-likeness (QED) is 0.326. The van der Waals surface area contributed by atoms with E-state index in [0.717, 1.165) is 23.7 Å². The zero-order chi connectivity index (χ0) is 22.5. The summed E-state index contributed by atoms with van der Waals surface area (Å²) in [5, 5.41) is 2.63. The summed E-state index contributed by atoms with van der Waals surface area (Å²) in [7, 11) is -2.49. The molecule has 1 fully saturated rings. The number of allylic oxidation sites excluding steroid dienone is 1. The summed E-state index contributed by atoms with van der Waals surface area (Å²) < 4.78 is 14.5. The van der Waals surface area contributed by atoms with Crippen molar-refractivity contribution < 1.29 is 9.16 Å². The molecule has 2 nitrogen and oxygen atoms in total. The molecule has 3 rings (SSSR count). The fourth-order valence-electron chi connectivity index (χ4n) is 4.66. The largest absolute Gasteiger partial charge is 0.407 e. The Morgan fingerprint density at radius 3 is 2.10 bits per heavy atom. The molecule has 0 aliphatic carbocycles. The van der Waals surface area contributed by atoms with Crippen LogP contribution in [0.15, 0.2) is 83.4 Å². The second-order valence-electron chi connectivity index (χ2n) is 9.51. The Morgan fingerprint density at radius 1 is 1.06 bits per heavy atom. The standard InChI is InChI=1S/C27H35BrO2Si/c1-21-18-23(30-24(19-21)20-22(2)28)16-17-29-31(27(3,4)5,25-12-8-6-9-13-25)26-14-10-7-11-15-26/h6-15,20,23-24H,1,16-19H2,2-5H3/b22-20+/t23-,24-/m0/s1. The van der Waals surface area contributed by atoms with Crippen molar-refractivity contribution in [1.82, 2.24) is 0 Å². The van der Waals surface area contributed by atoms with E-state index in [1.807, 2.05) is 6.92 Å². The number of ether oxygens (including phenoxy) is 1. The van der Waals surface area contributed by atoms with Crippen molar-refractivity contribution in [2.24, 2.45) is 0 Å². The van der Waals surface area contributed by atoms with E-state index in [2.05, 4.69) is 110 Å². The molecule has 0 aromatic heterocycles. The highest BCUT2D eigenvalue weighted by Crippen LogP contribution is 2.37.